The second-order valence-electron chi connectivity index (χ2n) is 3.59. The lowest BCUT2D eigenvalue weighted by Gasteiger charge is -2.17. The summed E-state index contributed by atoms with van der Waals surface area (Å²) in [5.41, 5.74) is 6.97. The maximum absolute atomic E-state index is 11.6. The van der Waals surface area contributed by atoms with Gasteiger partial charge in [0.1, 0.15) is 0 Å². The minimum Gasteiger partial charge on any atom is -0.397 e. The largest absolute Gasteiger partial charge is 0.397 e. The van der Waals surface area contributed by atoms with E-state index >= 15 is 0 Å². The normalized spacial score (nSPS) is 21.0. The van der Waals surface area contributed by atoms with E-state index in [0.717, 1.165) is 6.42 Å². The number of carbonyl (C=O) groups excluding carboxylic acids is 1. The highest BCUT2D eigenvalue weighted by Gasteiger charge is 2.31. The lowest BCUT2D eigenvalue weighted by Crippen LogP contribution is -2.23. The van der Waals surface area contributed by atoms with Crippen LogP contribution in [0.2, 0.25) is 0 Å². The average molecular weight is 206 g/mol. The number of carbonyl (C=O) groups is 1. The summed E-state index contributed by atoms with van der Waals surface area (Å²) in [4.78, 5) is 17.1. The number of hydrogen-bond donors (Lipinski definition) is 1. The van der Waals surface area contributed by atoms with E-state index in [1.165, 1.54) is 5.06 Å². The quantitative estimate of drug-likeness (QED) is 0.749. The van der Waals surface area contributed by atoms with Crippen LogP contribution in [0, 0.1) is 0 Å². The standard InChI is InChI=1S/C11H14N2O2/c1-2-8-7-11(14)13(15-8)10-6-4-3-5-9(10)12/h3-6,8H,2,7,12H2,1H3. The van der Waals surface area contributed by atoms with Crippen LogP contribution in [0.1, 0.15) is 19.8 Å². The van der Waals surface area contributed by atoms with Crippen LogP contribution < -0.4 is 10.8 Å². The van der Waals surface area contributed by atoms with Crippen molar-refractivity contribution in [3.63, 3.8) is 0 Å². The van der Waals surface area contributed by atoms with Gasteiger partial charge in [-0.1, -0.05) is 19.1 Å². The molecular weight excluding hydrogens is 192 g/mol. The number of rotatable bonds is 2. The van der Waals surface area contributed by atoms with Gasteiger partial charge in [-0.15, -0.1) is 0 Å². The molecule has 1 aliphatic heterocycles. The van der Waals surface area contributed by atoms with Crippen molar-refractivity contribution in [2.45, 2.75) is 25.9 Å². The molecule has 0 radical (unpaired) electrons. The Hall–Kier alpha value is -1.55. The Kier molecular flexibility index (Phi) is 2.60. The highest BCUT2D eigenvalue weighted by atomic mass is 16.7. The van der Waals surface area contributed by atoms with Crippen molar-refractivity contribution in [2.24, 2.45) is 0 Å². The third kappa shape index (κ3) is 1.80. The number of anilines is 2. The number of hydroxylamine groups is 1. The fourth-order valence-electron chi connectivity index (χ4n) is 1.61. The van der Waals surface area contributed by atoms with E-state index in [0.29, 0.717) is 17.8 Å². The molecule has 0 spiro atoms. The zero-order chi connectivity index (χ0) is 10.8. The van der Waals surface area contributed by atoms with Crippen molar-refractivity contribution in [2.75, 3.05) is 10.8 Å². The number of hydrogen-bond acceptors (Lipinski definition) is 3. The minimum absolute atomic E-state index is 0.0166. The Labute approximate surface area is 88.6 Å². The first-order chi connectivity index (χ1) is 7.22. The van der Waals surface area contributed by atoms with Gasteiger partial charge in [0, 0.05) is 0 Å². The van der Waals surface area contributed by atoms with Gasteiger partial charge in [0.2, 0.25) is 0 Å². The highest BCUT2D eigenvalue weighted by molar-refractivity contribution is 5.96. The van der Waals surface area contributed by atoms with Crippen molar-refractivity contribution >= 4 is 17.3 Å². The van der Waals surface area contributed by atoms with Crippen molar-refractivity contribution in [1.29, 1.82) is 0 Å². The molecule has 0 saturated carbocycles. The van der Waals surface area contributed by atoms with Crippen molar-refractivity contribution in [3.8, 4) is 0 Å². The summed E-state index contributed by atoms with van der Waals surface area (Å²) in [5, 5.41) is 1.31. The van der Waals surface area contributed by atoms with Gasteiger partial charge in [-0.25, -0.2) is 0 Å². The van der Waals surface area contributed by atoms with E-state index in [2.05, 4.69) is 0 Å². The lowest BCUT2D eigenvalue weighted by atomic mass is 10.2. The summed E-state index contributed by atoms with van der Waals surface area (Å²) in [7, 11) is 0. The summed E-state index contributed by atoms with van der Waals surface area (Å²) in [6, 6.07) is 7.20. The number of nitrogen functional groups attached to an aromatic ring is 1. The predicted octanol–water partition coefficient (Wildman–Crippen LogP) is 1.72. The topological polar surface area (TPSA) is 55.6 Å². The van der Waals surface area contributed by atoms with Gasteiger partial charge in [-0.3, -0.25) is 9.63 Å². The molecule has 1 amide bonds. The van der Waals surface area contributed by atoms with Gasteiger partial charge < -0.3 is 5.73 Å². The van der Waals surface area contributed by atoms with Crippen LogP contribution in [-0.4, -0.2) is 12.0 Å². The maximum atomic E-state index is 11.6. The lowest BCUT2D eigenvalue weighted by molar-refractivity contribution is -0.119. The molecule has 1 aromatic rings. The van der Waals surface area contributed by atoms with Crippen LogP contribution in [-0.2, 0) is 9.63 Å². The molecule has 1 fully saturated rings. The molecule has 1 aliphatic rings. The van der Waals surface area contributed by atoms with E-state index in [1.54, 1.807) is 12.1 Å². The molecule has 80 valence electrons. The Balaban J connectivity index is 2.25. The van der Waals surface area contributed by atoms with E-state index < -0.39 is 0 Å². The Morgan fingerprint density at radius 2 is 2.27 bits per heavy atom. The van der Waals surface area contributed by atoms with Gasteiger partial charge in [-0.2, -0.15) is 5.06 Å². The Morgan fingerprint density at radius 1 is 1.53 bits per heavy atom. The monoisotopic (exact) mass is 206 g/mol. The van der Waals surface area contributed by atoms with Crippen molar-refractivity contribution < 1.29 is 9.63 Å². The van der Waals surface area contributed by atoms with Crippen LogP contribution in [0.25, 0.3) is 0 Å². The van der Waals surface area contributed by atoms with Crippen molar-refractivity contribution in [3.05, 3.63) is 24.3 Å². The number of amides is 1. The number of benzene rings is 1. The number of nitrogens with zero attached hydrogens (tertiary/aromatic N) is 1. The molecular formula is C11H14N2O2. The Bertz CT molecular complexity index is 379. The first kappa shape index (κ1) is 9.98. The molecule has 0 aliphatic carbocycles. The first-order valence-corrected chi connectivity index (χ1v) is 5.06. The molecule has 1 heterocycles. The van der Waals surface area contributed by atoms with E-state index in [4.69, 9.17) is 10.6 Å². The number of para-hydroxylation sites is 2. The molecule has 4 heteroatoms. The third-order valence-corrected chi connectivity index (χ3v) is 2.49. The Morgan fingerprint density at radius 3 is 2.87 bits per heavy atom. The molecule has 0 bridgehead atoms. The van der Waals surface area contributed by atoms with Crippen LogP contribution in [0.15, 0.2) is 24.3 Å². The molecule has 1 aromatic carbocycles. The first-order valence-electron chi connectivity index (χ1n) is 5.06. The van der Waals surface area contributed by atoms with Gasteiger partial charge in [0.15, 0.2) is 0 Å². The van der Waals surface area contributed by atoms with E-state index in [1.807, 2.05) is 19.1 Å². The summed E-state index contributed by atoms with van der Waals surface area (Å²) in [5.74, 6) is -0.0280. The molecule has 1 unspecified atom stereocenters. The molecule has 1 atom stereocenters. The number of nitrogens with two attached hydrogens (primary N) is 1. The fourth-order valence-corrected chi connectivity index (χ4v) is 1.61. The SMILES string of the molecule is CCC1CC(=O)N(c2ccccc2N)O1. The van der Waals surface area contributed by atoms with Crippen LogP contribution in [0.3, 0.4) is 0 Å². The van der Waals surface area contributed by atoms with Gasteiger partial charge in [0.05, 0.1) is 23.9 Å². The minimum atomic E-state index is -0.0280. The maximum Gasteiger partial charge on any atom is 0.253 e. The summed E-state index contributed by atoms with van der Waals surface area (Å²) < 4.78 is 0. The van der Waals surface area contributed by atoms with Gasteiger partial charge in [0.25, 0.3) is 5.91 Å². The molecule has 4 nitrogen and oxygen atoms in total. The van der Waals surface area contributed by atoms with E-state index in [-0.39, 0.29) is 12.0 Å². The van der Waals surface area contributed by atoms with Crippen LogP contribution in [0.4, 0.5) is 11.4 Å². The molecule has 2 rings (SSSR count). The average Bonchev–Trinajstić information content (AvgIpc) is 2.60. The smallest absolute Gasteiger partial charge is 0.253 e. The highest BCUT2D eigenvalue weighted by Crippen LogP contribution is 2.29. The molecule has 15 heavy (non-hydrogen) atoms. The fraction of sp³-hybridized carbons (Fsp3) is 0.364. The summed E-state index contributed by atoms with van der Waals surface area (Å²) in [6.45, 7) is 2.00. The summed E-state index contributed by atoms with van der Waals surface area (Å²) >= 11 is 0. The zero-order valence-electron chi connectivity index (χ0n) is 8.64. The molecule has 0 aromatic heterocycles. The molecule has 2 N–H and O–H groups in total. The van der Waals surface area contributed by atoms with E-state index in [9.17, 15) is 4.79 Å². The van der Waals surface area contributed by atoms with Crippen molar-refractivity contribution in [1.82, 2.24) is 0 Å². The zero-order valence-corrected chi connectivity index (χ0v) is 8.64. The second kappa shape index (κ2) is 3.90. The third-order valence-electron chi connectivity index (χ3n) is 2.49. The van der Waals surface area contributed by atoms with Gasteiger partial charge in [-0.05, 0) is 18.6 Å². The van der Waals surface area contributed by atoms with Crippen LogP contribution >= 0.6 is 0 Å². The van der Waals surface area contributed by atoms with Crippen LogP contribution in [0.5, 0.6) is 0 Å². The second-order valence-corrected chi connectivity index (χ2v) is 3.59. The predicted molar refractivity (Wildman–Crippen MR) is 58.1 cm³/mol. The van der Waals surface area contributed by atoms with Gasteiger partial charge >= 0.3 is 0 Å². The molecule has 1 saturated heterocycles. The summed E-state index contributed by atoms with van der Waals surface area (Å²) in [6.07, 6.45) is 1.25.